The largest absolute Gasteiger partial charge is 0.311 e. The van der Waals surface area contributed by atoms with Gasteiger partial charge in [-0.1, -0.05) is 6.42 Å². The van der Waals surface area contributed by atoms with Crippen molar-refractivity contribution in [3.63, 3.8) is 0 Å². The third-order valence-corrected chi connectivity index (χ3v) is 6.07. The van der Waals surface area contributed by atoms with E-state index >= 15 is 0 Å². The Kier molecular flexibility index (Phi) is 3.84. The fourth-order valence-electron chi connectivity index (χ4n) is 5.43. The van der Waals surface area contributed by atoms with E-state index in [0.29, 0.717) is 5.54 Å². The predicted octanol–water partition coefficient (Wildman–Crippen LogP) is 4.26. The fraction of sp³-hybridized carbons (Fsp3) is 0.944. The highest BCUT2D eigenvalue weighted by Crippen LogP contribution is 2.55. The molecule has 4 aliphatic carbocycles. The summed E-state index contributed by atoms with van der Waals surface area (Å²) in [5.41, 5.74) is 0.375. The lowest BCUT2D eigenvalue weighted by Gasteiger charge is -2.57. The molecule has 0 aromatic rings. The molecule has 0 heterocycles. The molecule has 0 aliphatic heterocycles. The van der Waals surface area contributed by atoms with Crippen LogP contribution in [0.1, 0.15) is 71.6 Å². The SMILES string of the molecule is CC(C)(C#N)CCCCNC12CC3CC(CC(C3)C1)C2. The van der Waals surface area contributed by atoms with Crippen LogP contribution in [-0.2, 0) is 0 Å². The van der Waals surface area contributed by atoms with Gasteiger partial charge in [-0.25, -0.2) is 0 Å². The maximum atomic E-state index is 9.04. The first kappa shape index (κ1) is 14.4. The second-order valence-corrected chi connectivity index (χ2v) is 8.58. The molecule has 4 aliphatic rings. The van der Waals surface area contributed by atoms with Gasteiger partial charge < -0.3 is 5.32 Å². The van der Waals surface area contributed by atoms with E-state index in [0.717, 1.165) is 30.7 Å². The van der Waals surface area contributed by atoms with E-state index in [1.807, 2.05) is 0 Å². The molecule has 0 radical (unpaired) electrons. The summed E-state index contributed by atoms with van der Waals surface area (Å²) in [6.45, 7) is 5.27. The van der Waals surface area contributed by atoms with Crippen LogP contribution in [-0.4, -0.2) is 12.1 Å². The Morgan fingerprint density at radius 3 is 2.10 bits per heavy atom. The maximum absolute atomic E-state index is 9.04. The Balaban J connectivity index is 1.42. The predicted molar refractivity (Wildman–Crippen MR) is 82.2 cm³/mol. The molecule has 4 fully saturated rings. The Morgan fingerprint density at radius 2 is 1.60 bits per heavy atom. The van der Waals surface area contributed by atoms with Crippen molar-refractivity contribution in [2.24, 2.45) is 23.2 Å². The van der Waals surface area contributed by atoms with E-state index in [9.17, 15) is 0 Å². The number of hydrogen-bond acceptors (Lipinski definition) is 2. The van der Waals surface area contributed by atoms with Gasteiger partial charge in [-0.2, -0.15) is 5.26 Å². The molecular formula is C18H30N2. The number of nitrogens with one attached hydrogen (secondary N) is 1. The smallest absolute Gasteiger partial charge is 0.0683 e. The van der Waals surface area contributed by atoms with E-state index in [2.05, 4.69) is 25.2 Å². The van der Waals surface area contributed by atoms with Crippen LogP contribution in [0.2, 0.25) is 0 Å². The maximum Gasteiger partial charge on any atom is 0.0683 e. The molecule has 0 unspecified atom stereocenters. The molecule has 2 nitrogen and oxygen atoms in total. The van der Waals surface area contributed by atoms with Crippen LogP contribution in [0.5, 0.6) is 0 Å². The lowest BCUT2D eigenvalue weighted by Crippen LogP contribution is -2.58. The molecule has 0 aromatic heterocycles. The number of unbranched alkanes of at least 4 members (excludes halogenated alkanes) is 1. The van der Waals surface area contributed by atoms with Crippen LogP contribution in [0.15, 0.2) is 0 Å². The van der Waals surface area contributed by atoms with Crippen LogP contribution in [0, 0.1) is 34.5 Å². The van der Waals surface area contributed by atoms with Crippen LogP contribution in [0.25, 0.3) is 0 Å². The fourth-order valence-corrected chi connectivity index (χ4v) is 5.43. The number of rotatable bonds is 6. The highest BCUT2D eigenvalue weighted by Gasteiger charge is 2.50. The van der Waals surface area contributed by atoms with Crippen molar-refractivity contribution in [3.05, 3.63) is 0 Å². The van der Waals surface area contributed by atoms with Gasteiger partial charge in [0.05, 0.1) is 11.5 Å². The summed E-state index contributed by atoms with van der Waals surface area (Å²) in [6.07, 6.45) is 12.4. The number of nitrogens with zero attached hydrogens (tertiary/aromatic N) is 1. The topological polar surface area (TPSA) is 35.8 Å². The zero-order chi connectivity index (χ0) is 14.2. The number of nitriles is 1. The van der Waals surface area contributed by atoms with Crippen molar-refractivity contribution in [2.75, 3.05) is 6.54 Å². The Morgan fingerprint density at radius 1 is 1.05 bits per heavy atom. The third kappa shape index (κ3) is 3.03. The summed E-state index contributed by atoms with van der Waals surface area (Å²) in [7, 11) is 0. The van der Waals surface area contributed by atoms with Crippen molar-refractivity contribution in [3.8, 4) is 6.07 Å². The number of hydrogen-bond donors (Lipinski definition) is 1. The van der Waals surface area contributed by atoms with E-state index in [4.69, 9.17) is 5.26 Å². The average molecular weight is 274 g/mol. The molecule has 4 bridgehead atoms. The second-order valence-electron chi connectivity index (χ2n) is 8.58. The summed E-state index contributed by atoms with van der Waals surface area (Å²) in [6, 6.07) is 2.41. The Hall–Kier alpha value is -0.550. The lowest BCUT2D eigenvalue weighted by molar-refractivity contribution is -0.0196. The monoisotopic (exact) mass is 274 g/mol. The quantitative estimate of drug-likeness (QED) is 0.734. The molecule has 0 saturated heterocycles. The zero-order valence-corrected chi connectivity index (χ0v) is 13.3. The molecule has 1 N–H and O–H groups in total. The van der Waals surface area contributed by atoms with Crippen molar-refractivity contribution in [2.45, 2.75) is 77.2 Å². The minimum atomic E-state index is -0.138. The van der Waals surface area contributed by atoms with Gasteiger partial charge in [-0.15, -0.1) is 0 Å². The summed E-state index contributed by atoms with van der Waals surface area (Å²) in [5.74, 6) is 3.10. The van der Waals surface area contributed by atoms with Crippen LogP contribution < -0.4 is 5.32 Å². The van der Waals surface area contributed by atoms with Crippen molar-refractivity contribution >= 4 is 0 Å². The van der Waals surface area contributed by atoms with E-state index in [-0.39, 0.29) is 5.41 Å². The minimum Gasteiger partial charge on any atom is -0.311 e. The molecular weight excluding hydrogens is 244 g/mol. The molecule has 20 heavy (non-hydrogen) atoms. The van der Waals surface area contributed by atoms with Gasteiger partial charge in [0.1, 0.15) is 0 Å². The van der Waals surface area contributed by atoms with Crippen LogP contribution in [0.3, 0.4) is 0 Å². The molecule has 0 amide bonds. The first-order chi connectivity index (χ1) is 9.50. The molecule has 4 rings (SSSR count). The van der Waals surface area contributed by atoms with Crippen LogP contribution >= 0.6 is 0 Å². The Bertz CT molecular complexity index is 355. The standard InChI is InChI=1S/C18H30N2/c1-17(2,13-19)5-3-4-6-20-18-10-14-7-15(11-18)9-16(8-14)12-18/h14-16,20H,3-12H2,1-2H3. The van der Waals surface area contributed by atoms with E-state index in [1.54, 1.807) is 0 Å². The highest BCUT2D eigenvalue weighted by atomic mass is 15.0. The average Bonchev–Trinajstić information content (AvgIpc) is 2.36. The first-order valence-corrected chi connectivity index (χ1v) is 8.67. The molecule has 0 atom stereocenters. The zero-order valence-electron chi connectivity index (χ0n) is 13.3. The molecule has 112 valence electrons. The lowest BCUT2D eigenvalue weighted by atomic mass is 9.53. The van der Waals surface area contributed by atoms with Gasteiger partial charge in [0, 0.05) is 5.54 Å². The second kappa shape index (κ2) is 5.34. The highest BCUT2D eigenvalue weighted by molar-refractivity contribution is 5.06. The molecule has 2 heteroatoms. The van der Waals surface area contributed by atoms with Gasteiger partial charge in [0.15, 0.2) is 0 Å². The molecule has 0 spiro atoms. The molecule has 4 saturated carbocycles. The molecule has 0 aromatic carbocycles. The van der Waals surface area contributed by atoms with E-state index in [1.165, 1.54) is 51.4 Å². The summed E-state index contributed by atoms with van der Waals surface area (Å²) in [5, 5.41) is 13.0. The summed E-state index contributed by atoms with van der Waals surface area (Å²) >= 11 is 0. The van der Waals surface area contributed by atoms with Crippen molar-refractivity contribution in [1.82, 2.24) is 5.32 Å². The van der Waals surface area contributed by atoms with Gasteiger partial charge >= 0.3 is 0 Å². The van der Waals surface area contributed by atoms with Crippen molar-refractivity contribution < 1.29 is 0 Å². The minimum absolute atomic E-state index is 0.138. The van der Waals surface area contributed by atoms with Crippen LogP contribution in [0.4, 0.5) is 0 Å². The van der Waals surface area contributed by atoms with Gasteiger partial charge in [0.2, 0.25) is 0 Å². The van der Waals surface area contributed by atoms with E-state index < -0.39 is 0 Å². The van der Waals surface area contributed by atoms with Crippen molar-refractivity contribution in [1.29, 1.82) is 5.26 Å². The normalized spacial score (nSPS) is 39.0. The first-order valence-electron chi connectivity index (χ1n) is 8.67. The summed E-state index contributed by atoms with van der Waals surface area (Å²) in [4.78, 5) is 0. The summed E-state index contributed by atoms with van der Waals surface area (Å²) < 4.78 is 0. The third-order valence-electron chi connectivity index (χ3n) is 6.07. The Labute approximate surface area is 124 Å². The van der Waals surface area contributed by atoms with Gasteiger partial charge in [-0.3, -0.25) is 0 Å². The van der Waals surface area contributed by atoms with Gasteiger partial charge in [0.25, 0.3) is 0 Å². The van der Waals surface area contributed by atoms with Gasteiger partial charge in [-0.05, 0) is 89.5 Å².